The fourth-order valence-corrected chi connectivity index (χ4v) is 4.01. The van der Waals surface area contributed by atoms with Gasteiger partial charge in [-0.2, -0.15) is 0 Å². The number of nitrogens with zero attached hydrogens (tertiary/aromatic N) is 3. The number of halogens is 1. The third-order valence-electron chi connectivity index (χ3n) is 4.31. The molecule has 3 rings (SSSR count). The zero-order valence-electron chi connectivity index (χ0n) is 15.7. The number of anilines is 1. The van der Waals surface area contributed by atoms with E-state index in [2.05, 4.69) is 4.98 Å². The molecule has 146 valence electrons. The lowest BCUT2D eigenvalue weighted by molar-refractivity contribution is -0.856. The van der Waals surface area contributed by atoms with Crippen molar-refractivity contribution in [3.8, 4) is 0 Å². The maximum atomic E-state index is 13.3. The Hall–Kier alpha value is -2.55. The lowest BCUT2D eigenvalue weighted by atomic mass is 10.1. The van der Waals surface area contributed by atoms with Crippen molar-refractivity contribution in [3.63, 3.8) is 0 Å². The van der Waals surface area contributed by atoms with E-state index in [1.807, 2.05) is 39.2 Å². The van der Waals surface area contributed by atoms with Gasteiger partial charge < -0.3 is 4.90 Å². The van der Waals surface area contributed by atoms with E-state index in [4.69, 9.17) is 11.6 Å². The molecule has 0 unspecified atom stereocenters. The summed E-state index contributed by atoms with van der Waals surface area (Å²) in [5.74, 6) is -0.397. The Morgan fingerprint density at radius 2 is 2.07 bits per heavy atom. The predicted octanol–water partition coefficient (Wildman–Crippen LogP) is 2.96. The average Bonchev–Trinajstić information content (AvgIpc) is 3.07. The molecule has 28 heavy (non-hydrogen) atoms. The van der Waals surface area contributed by atoms with Gasteiger partial charge in [0.05, 0.1) is 52.9 Å². The van der Waals surface area contributed by atoms with E-state index in [0.29, 0.717) is 18.2 Å². The van der Waals surface area contributed by atoms with Crippen LogP contribution >= 0.6 is 22.9 Å². The van der Waals surface area contributed by atoms with Gasteiger partial charge in [0.25, 0.3) is 11.6 Å². The number of aromatic nitrogens is 1. The molecule has 0 aliphatic carbocycles. The minimum atomic E-state index is -0.539. The largest absolute Gasteiger partial charge is 0.338 e. The number of non-ortho nitro benzene ring substituents is 1. The van der Waals surface area contributed by atoms with Crippen LogP contribution in [0.15, 0.2) is 36.4 Å². The van der Waals surface area contributed by atoms with E-state index < -0.39 is 10.8 Å². The van der Waals surface area contributed by atoms with Crippen molar-refractivity contribution >= 4 is 49.9 Å². The number of hydrogen-bond acceptors (Lipinski definition) is 5. The first-order valence-corrected chi connectivity index (χ1v) is 9.88. The van der Waals surface area contributed by atoms with Crippen LogP contribution in [0.5, 0.6) is 0 Å². The first-order valence-electron chi connectivity index (χ1n) is 8.69. The van der Waals surface area contributed by atoms with Crippen molar-refractivity contribution in [2.75, 3.05) is 32.1 Å². The van der Waals surface area contributed by atoms with Gasteiger partial charge in [-0.25, -0.2) is 4.98 Å². The number of para-hydroxylation sites is 1. The Balaban J connectivity index is 2.06. The van der Waals surface area contributed by atoms with Gasteiger partial charge in [-0.3, -0.25) is 19.8 Å². The van der Waals surface area contributed by atoms with Crippen molar-refractivity contribution in [3.05, 3.63) is 62.7 Å². The topological polar surface area (TPSA) is 80.8 Å². The lowest BCUT2D eigenvalue weighted by Gasteiger charge is -2.21. The van der Waals surface area contributed by atoms with E-state index >= 15 is 0 Å². The SMILES string of the molecule is Cc1cccc2sc(N(CC[NH+](C)C)C(=O)c3cc([N+](=O)[O-])ccc3Cl)nc12. The van der Waals surface area contributed by atoms with Gasteiger partial charge in [-0.15, -0.1) is 0 Å². The highest BCUT2D eigenvalue weighted by atomic mass is 35.5. The van der Waals surface area contributed by atoms with E-state index in [-0.39, 0.29) is 16.3 Å². The number of quaternary nitrogens is 1. The number of thiazole rings is 1. The molecule has 0 bridgehead atoms. The van der Waals surface area contributed by atoms with E-state index in [0.717, 1.165) is 15.8 Å². The summed E-state index contributed by atoms with van der Waals surface area (Å²) in [6, 6.07) is 9.77. The summed E-state index contributed by atoms with van der Waals surface area (Å²) in [6.45, 7) is 3.08. The molecule has 0 aliphatic heterocycles. The first-order chi connectivity index (χ1) is 13.3. The number of likely N-dealkylation sites (N-methyl/N-ethyl adjacent to an activating group) is 1. The fourth-order valence-electron chi connectivity index (χ4n) is 2.75. The predicted molar refractivity (Wildman–Crippen MR) is 112 cm³/mol. The van der Waals surface area contributed by atoms with Crippen LogP contribution in [0.3, 0.4) is 0 Å². The van der Waals surface area contributed by atoms with Crippen LogP contribution in [0.4, 0.5) is 10.8 Å². The van der Waals surface area contributed by atoms with Gasteiger partial charge in [-0.1, -0.05) is 35.1 Å². The van der Waals surface area contributed by atoms with Crippen LogP contribution in [0, 0.1) is 17.0 Å². The molecule has 2 aromatic carbocycles. The van der Waals surface area contributed by atoms with Gasteiger partial charge in [0, 0.05) is 12.1 Å². The molecule has 0 aliphatic rings. The number of carbonyl (C=O) groups is 1. The quantitative estimate of drug-likeness (QED) is 0.492. The highest BCUT2D eigenvalue weighted by Gasteiger charge is 2.26. The maximum absolute atomic E-state index is 13.3. The Morgan fingerprint density at radius 3 is 2.71 bits per heavy atom. The Morgan fingerprint density at radius 1 is 1.32 bits per heavy atom. The number of rotatable bonds is 6. The maximum Gasteiger partial charge on any atom is 0.270 e. The number of hydrogen-bond donors (Lipinski definition) is 1. The molecule has 3 aromatic rings. The van der Waals surface area contributed by atoms with E-state index in [1.165, 1.54) is 34.4 Å². The smallest absolute Gasteiger partial charge is 0.270 e. The summed E-state index contributed by atoms with van der Waals surface area (Å²) < 4.78 is 0.982. The number of nitro groups is 1. The molecular formula is C19H20ClN4O3S+. The number of benzene rings is 2. The molecule has 0 atom stereocenters. The number of nitro benzene ring substituents is 1. The molecule has 1 aromatic heterocycles. The molecule has 1 heterocycles. The molecule has 0 saturated heterocycles. The van der Waals surface area contributed by atoms with E-state index in [1.54, 1.807) is 4.90 Å². The Bertz CT molecular complexity index is 1050. The van der Waals surface area contributed by atoms with Crippen LogP contribution in [0.1, 0.15) is 15.9 Å². The van der Waals surface area contributed by atoms with Crippen molar-refractivity contribution in [1.29, 1.82) is 0 Å². The molecule has 1 amide bonds. The van der Waals surface area contributed by atoms with Crippen molar-refractivity contribution < 1.29 is 14.6 Å². The second-order valence-electron chi connectivity index (χ2n) is 6.75. The summed E-state index contributed by atoms with van der Waals surface area (Å²) in [7, 11) is 3.98. The van der Waals surface area contributed by atoms with Gasteiger partial charge >= 0.3 is 0 Å². The molecule has 1 N–H and O–H groups in total. The molecular weight excluding hydrogens is 400 g/mol. The summed E-state index contributed by atoms with van der Waals surface area (Å²) in [4.78, 5) is 31.3. The number of fused-ring (bicyclic) bond motifs is 1. The van der Waals surface area contributed by atoms with Gasteiger partial charge in [0.15, 0.2) is 5.13 Å². The molecule has 0 spiro atoms. The van der Waals surface area contributed by atoms with Crippen LogP contribution < -0.4 is 9.80 Å². The summed E-state index contributed by atoms with van der Waals surface area (Å²) in [5.41, 5.74) is 1.80. The Kier molecular flexibility index (Phi) is 5.93. The van der Waals surface area contributed by atoms with E-state index in [9.17, 15) is 14.9 Å². The minimum Gasteiger partial charge on any atom is -0.338 e. The van der Waals surface area contributed by atoms with Crippen LogP contribution in [0.25, 0.3) is 10.2 Å². The highest BCUT2D eigenvalue weighted by molar-refractivity contribution is 7.22. The average molecular weight is 420 g/mol. The summed E-state index contributed by atoms with van der Waals surface area (Å²) in [5, 5.41) is 11.9. The van der Waals surface area contributed by atoms with Crippen molar-refractivity contribution in [1.82, 2.24) is 4.98 Å². The number of carbonyl (C=O) groups excluding carboxylic acids is 1. The molecule has 0 saturated carbocycles. The lowest BCUT2D eigenvalue weighted by Crippen LogP contribution is -3.06. The third-order valence-corrected chi connectivity index (χ3v) is 5.69. The van der Waals surface area contributed by atoms with Gasteiger partial charge in [-0.05, 0) is 24.6 Å². The van der Waals surface area contributed by atoms with Crippen LogP contribution in [-0.4, -0.2) is 43.0 Å². The molecule has 0 radical (unpaired) electrons. The standard InChI is InChI=1S/C19H19ClN4O3S/c1-12-5-4-6-16-17(12)21-19(28-16)23(10-9-22(2)3)18(25)14-11-13(24(26)27)7-8-15(14)20/h4-8,11H,9-10H2,1-3H3/p+1. The molecule has 0 fully saturated rings. The van der Waals surface area contributed by atoms with Crippen molar-refractivity contribution in [2.45, 2.75) is 6.92 Å². The number of nitrogens with one attached hydrogen (secondary N) is 1. The highest BCUT2D eigenvalue weighted by Crippen LogP contribution is 2.32. The third kappa shape index (κ3) is 4.14. The van der Waals surface area contributed by atoms with Crippen molar-refractivity contribution in [2.24, 2.45) is 0 Å². The second-order valence-corrected chi connectivity index (χ2v) is 8.17. The zero-order valence-corrected chi connectivity index (χ0v) is 17.3. The molecule has 9 heteroatoms. The normalized spacial score (nSPS) is 11.2. The summed E-state index contributed by atoms with van der Waals surface area (Å²) in [6.07, 6.45) is 0. The minimum absolute atomic E-state index is 0.0978. The van der Waals surface area contributed by atoms with Crippen LogP contribution in [-0.2, 0) is 0 Å². The second kappa shape index (κ2) is 8.22. The monoisotopic (exact) mass is 419 g/mol. The Labute approximate surface area is 171 Å². The van der Waals surface area contributed by atoms with Gasteiger partial charge in [0.2, 0.25) is 0 Å². The number of amides is 1. The zero-order chi connectivity index (χ0) is 20.4. The fraction of sp³-hybridized carbons (Fsp3) is 0.263. The van der Waals surface area contributed by atoms with Gasteiger partial charge in [0.1, 0.15) is 0 Å². The summed E-state index contributed by atoms with van der Waals surface area (Å²) >= 11 is 7.62. The molecule has 7 nitrogen and oxygen atoms in total. The van der Waals surface area contributed by atoms with Crippen LogP contribution in [0.2, 0.25) is 5.02 Å². The number of aryl methyl sites for hydroxylation is 1. The first kappa shape index (κ1) is 20.2.